The molecule has 0 heterocycles. The van der Waals surface area contributed by atoms with Crippen LogP contribution in [0.5, 0.6) is 5.75 Å². The topological polar surface area (TPSA) is 109 Å². The predicted octanol–water partition coefficient (Wildman–Crippen LogP) is 8.03. The summed E-state index contributed by atoms with van der Waals surface area (Å²) >= 11 is 0. The molecular formula is C43H84N6O. The molecule has 1 fully saturated rings. The smallest absolute Gasteiger partial charge is 0.119 e. The molecular weight excluding hydrogens is 617 g/mol. The molecule has 1 aliphatic rings. The fraction of sp³-hybridized carbons (Fsp3) is 0.860. The summed E-state index contributed by atoms with van der Waals surface area (Å²) in [6, 6.07) is 7.07. The van der Waals surface area contributed by atoms with E-state index in [0.717, 1.165) is 90.4 Å². The SMILES string of the molecule is CCCCCCCCNCCCNCCC(N)Cc1cc(CC(N)CCNCCCNCCCCCCCC)cc(OCC2CCCCC2)c1. The highest BCUT2D eigenvalue weighted by atomic mass is 16.5. The second-order valence-electron chi connectivity index (χ2n) is 15.5. The van der Waals surface area contributed by atoms with E-state index in [9.17, 15) is 0 Å². The summed E-state index contributed by atoms with van der Waals surface area (Å²) in [6.07, 6.45) is 29.0. The number of hydrogen-bond donors (Lipinski definition) is 6. The van der Waals surface area contributed by atoms with Crippen LogP contribution in [0.15, 0.2) is 18.2 Å². The maximum atomic E-state index is 6.67. The quantitative estimate of drug-likeness (QED) is 0.0398. The highest BCUT2D eigenvalue weighted by molar-refractivity contribution is 5.35. The fourth-order valence-electron chi connectivity index (χ4n) is 7.24. The molecule has 2 rings (SSSR count). The number of benzene rings is 1. The number of ether oxygens (including phenoxy) is 1. The average molecular weight is 701 g/mol. The first kappa shape index (κ1) is 44.9. The molecule has 0 saturated heterocycles. The van der Waals surface area contributed by atoms with Gasteiger partial charge in [0.15, 0.2) is 0 Å². The zero-order chi connectivity index (χ0) is 35.7. The minimum Gasteiger partial charge on any atom is -0.493 e. The second kappa shape index (κ2) is 32.4. The number of rotatable bonds is 35. The molecule has 292 valence electrons. The molecule has 0 aliphatic heterocycles. The molecule has 1 aromatic rings. The van der Waals surface area contributed by atoms with Gasteiger partial charge < -0.3 is 37.5 Å². The summed E-state index contributed by atoms with van der Waals surface area (Å²) in [7, 11) is 0. The van der Waals surface area contributed by atoms with Gasteiger partial charge in [0, 0.05) is 12.1 Å². The summed E-state index contributed by atoms with van der Waals surface area (Å²) in [6.45, 7) is 13.9. The molecule has 2 unspecified atom stereocenters. The van der Waals surface area contributed by atoms with Gasteiger partial charge in [0.1, 0.15) is 5.75 Å². The molecule has 2 atom stereocenters. The van der Waals surface area contributed by atoms with Crippen molar-refractivity contribution in [3.63, 3.8) is 0 Å². The van der Waals surface area contributed by atoms with Crippen molar-refractivity contribution in [3.8, 4) is 5.75 Å². The molecule has 0 radical (unpaired) electrons. The molecule has 8 N–H and O–H groups in total. The first-order valence-corrected chi connectivity index (χ1v) is 21.7. The van der Waals surface area contributed by atoms with Crippen LogP contribution in [0.25, 0.3) is 0 Å². The Morgan fingerprint density at radius 3 is 1.44 bits per heavy atom. The molecule has 1 aliphatic carbocycles. The summed E-state index contributed by atoms with van der Waals surface area (Å²) in [4.78, 5) is 0. The Morgan fingerprint density at radius 2 is 0.960 bits per heavy atom. The number of unbranched alkanes of at least 4 members (excludes halogenated alkanes) is 10. The first-order valence-electron chi connectivity index (χ1n) is 21.7. The van der Waals surface area contributed by atoms with E-state index < -0.39 is 0 Å². The molecule has 1 aromatic carbocycles. The second-order valence-corrected chi connectivity index (χ2v) is 15.5. The van der Waals surface area contributed by atoms with Crippen molar-refractivity contribution in [2.24, 2.45) is 17.4 Å². The van der Waals surface area contributed by atoms with E-state index in [1.165, 1.54) is 133 Å². The van der Waals surface area contributed by atoms with E-state index in [4.69, 9.17) is 16.2 Å². The number of nitrogens with one attached hydrogen (secondary N) is 4. The predicted molar refractivity (Wildman–Crippen MR) is 219 cm³/mol. The van der Waals surface area contributed by atoms with E-state index >= 15 is 0 Å². The summed E-state index contributed by atoms with van der Waals surface area (Å²) in [5, 5.41) is 14.4. The van der Waals surface area contributed by atoms with Crippen LogP contribution in [0.2, 0.25) is 0 Å². The lowest BCUT2D eigenvalue weighted by atomic mass is 9.90. The van der Waals surface area contributed by atoms with Gasteiger partial charge >= 0.3 is 0 Å². The third-order valence-electron chi connectivity index (χ3n) is 10.4. The van der Waals surface area contributed by atoms with Crippen LogP contribution in [-0.4, -0.2) is 71.0 Å². The molecule has 0 bridgehead atoms. The number of hydrogen-bond acceptors (Lipinski definition) is 7. The largest absolute Gasteiger partial charge is 0.493 e. The van der Waals surface area contributed by atoms with Gasteiger partial charge in [0.25, 0.3) is 0 Å². The molecule has 1 saturated carbocycles. The standard InChI is InChI=1S/C43H84N6O/c1-3-5-7-9-11-16-24-46-26-18-28-48-30-22-41(44)33-39-32-40(36-43(35-39)50-37-38-20-14-13-15-21-38)34-42(45)23-31-49-29-19-27-47-25-17-12-10-8-6-4-2/h32,35-36,38,41-42,46-49H,3-31,33-34,37,44-45H2,1-2H3. The molecule has 50 heavy (non-hydrogen) atoms. The van der Waals surface area contributed by atoms with Crippen molar-refractivity contribution < 1.29 is 4.74 Å². The Morgan fingerprint density at radius 1 is 0.540 bits per heavy atom. The molecule has 0 aromatic heterocycles. The van der Waals surface area contributed by atoms with Crippen molar-refractivity contribution in [2.45, 2.75) is 174 Å². The molecule has 0 spiro atoms. The average Bonchev–Trinajstić information content (AvgIpc) is 3.11. The Bertz CT molecular complexity index is 823. The Kier molecular flexibility index (Phi) is 29.1. The Labute approximate surface area is 310 Å². The highest BCUT2D eigenvalue weighted by Crippen LogP contribution is 2.26. The monoisotopic (exact) mass is 701 g/mol. The van der Waals surface area contributed by atoms with Crippen LogP contribution in [0.3, 0.4) is 0 Å². The van der Waals surface area contributed by atoms with E-state index in [2.05, 4.69) is 53.3 Å². The lowest BCUT2D eigenvalue weighted by Gasteiger charge is -2.22. The van der Waals surface area contributed by atoms with E-state index in [0.29, 0.717) is 5.92 Å². The van der Waals surface area contributed by atoms with Gasteiger partial charge in [-0.1, -0.05) is 103 Å². The van der Waals surface area contributed by atoms with E-state index in [1.807, 2.05) is 0 Å². The van der Waals surface area contributed by atoms with Crippen molar-refractivity contribution in [3.05, 3.63) is 29.3 Å². The minimum absolute atomic E-state index is 0.132. The van der Waals surface area contributed by atoms with Crippen LogP contribution in [0.1, 0.15) is 160 Å². The number of nitrogens with two attached hydrogens (primary N) is 2. The highest BCUT2D eigenvalue weighted by Gasteiger charge is 2.15. The zero-order valence-corrected chi connectivity index (χ0v) is 33.2. The molecule has 7 heteroatoms. The van der Waals surface area contributed by atoms with Crippen molar-refractivity contribution in [2.75, 3.05) is 59.0 Å². The van der Waals surface area contributed by atoms with Crippen LogP contribution in [-0.2, 0) is 12.8 Å². The lowest BCUT2D eigenvalue weighted by Crippen LogP contribution is -2.30. The van der Waals surface area contributed by atoms with Crippen LogP contribution >= 0.6 is 0 Å². The van der Waals surface area contributed by atoms with Crippen LogP contribution < -0.4 is 37.5 Å². The third-order valence-corrected chi connectivity index (χ3v) is 10.4. The Balaban J connectivity index is 1.66. The van der Waals surface area contributed by atoms with Gasteiger partial charge in [0.2, 0.25) is 0 Å². The third kappa shape index (κ3) is 25.7. The summed E-state index contributed by atoms with van der Waals surface area (Å²) in [5.41, 5.74) is 15.9. The lowest BCUT2D eigenvalue weighted by molar-refractivity contribution is 0.208. The maximum Gasteiger partial charge on any atom is 0.119 e. The van der Waals surface area contributed by atoms with E-state index in [1.54, 1.807) is 0 Å². The van der Waals surface area contributed by atoms with E-state index in [-0.39, 0.29) is 12.1 Å². The zero-order valence-electron chi connectivity index (χ0n) is 33.2. The van der Waals surface area contributed by atoms with Gasteiger partial charge in [-0.25, -0.2) is 0 Å². The molecule has 0 amide bonds. The summed E-state index contributed by atoms with van der Waals surface area (Å²) in [5.74, 6) is 1.69. The van der Waals surface area contributed by atoms with Gasteiger partial charge in [-0.3, -0.25) is 0 Å². The Hall–Kier alpha value is -1.22. The first-order chi connectivity index (χ1) is 24.6. The van der Waals surface area contributed by atoms with Crippen LogP contribution in [0.4, 0.5) is 0 Å². The minimum atomic E-state index is 0.132. The normalized spacial score (nSPS) is 15.0. The maximum absolute atomic E-state index is 6.67. The van der Waals surface area contributed by atoms with Gasteiger partial charge in [0.05, 0.1) is 6.61 Å². The molecule has 7 nitrogen and oxygen atoms in total. The van der Waals surface area contributed by atoms with Crippen molar-refractivity contribution in [1.29, 1.82) is 0 Å². The van der Waals surface area contributed by atoms with Crippen molar-refractivity contribution in [1.82, 2.24) is 21.3 Å². The fourth-order valence-corrected chi connectivity index (χ4v) is 7.24. The van der Waals surface area contributed by atoms with Crippen LogP contribution in [0, 0.1) is 5.92 Å². The summed E-state index contributed by atoms with van der Waals surface area (Å²) < 4.78 is 6.44. The van der Waals surface area contributed by atoms with Gasteiger partial charge in [-0.2, -0.15) is 0 Å². The van der Waals surface area contributed by atoms with Crippen molar-refractivity contribution >= 4 is 0 Å². The van der Waals surface area contributed by atoms with Gasteiger partial charge in [-0.15, -0.1) is 0 Å². The van der Waals surface area contributed by atoms with Gasteiger partial charge in [-0.05, 0) is 146 Å².